The fourth-order valence-electron chi connectivity index (χ4n) is 0.967. The van der Waals surface area contributed by atoms with E-state index in [-0.39, 0.29) is 18.7 Å². The zero-order valence-electron chi connectivity index (χ0n) is 10.7. The molecule has 6 nitrogen and oxygen atoms in total. The van der Waals surface area contributed by atoms with Gasteiger partial charge < -0.3 is 15.2 Å². The lowest BCUT2D eigenvalue weighted by Gasteiger charge is -2.20. The second-order valence-electron chi connectivity index (χ2n) is 4.96. The Kier molecular flexibility index (Phi) is 5.91. The smallest absolute Gasteiger partial charge is 0.407 e. The summed E-state index contributed by atoms with van der Waals surface area (Å²) in [5, 5.41) is 11.8. The zero-order valence-corrected chi connectivity index (χ0v) is 11.5. The number of hydrogen-bond donors (Lipinski definition) is 2. The average Bonchev–Trinajstić information content (AvgIpc) is 2.07. The molecular formula is C10H21NO5S. The van der Waals surface area contributed by atoms with Crippen LogP contribution in [0.2, 0.25) is 0 Å². The highest BCUT2D eigenvalue weighted by Gasteiger charge is 2.17. The van der Waals surface area contributed by atoms with E-state index >= 15 is 0 Å². The molecule has 0 aliphatic heterocycles. The molecular weight excluding hydrogens is 246 g/mol. The normalized spacial score (nSPS) is 14.2. The highest BCUT2D eigenvalue weighted by molar-refractivity contribution is 7.90. The molecule has 1 amide bonds. The number of aliphatic hydroxyl groups is 1. The fourth-order valence-corrected chi connectivity index (χ4v) is 1.67. The Hall–Kier alpha value is -0.820. The molecule has 17 heavy (non-hydrogen) atoms. The molecule has 0 fully saturated rings. The molecule has 0 saturated carbocycles. The number of alkyl carbamates (subject to hydrolysis) is 1. The van der Waals surface area contributed by atoms with E-state index in [0.29, 0.717) is 0 Å². The maximum atomic E-state index is 11.2. The van der Waals surface area contributed by atoms with Crippen molar-refractivity contribution in [1.82, 2.24) is 5.32 Å². The maximum Gasteiger partial charge on any atom is 0.407 e. The molecule has 0 saturated heterocycles. The lowest BCUT2D eigenvalue weighted by atomic mass is 10.2. The van der Waals surface area contributed by atoms with E-state index in [4.69, 9.17) is 4.74 Å². The zero-order chi connectivity index (χ0) is 13.7. The van der Waals surface area contributed by atoms with Crippen LogP contribution in [-0.4, -0.2) is 49.9 Å². The van der Waals surface area contributed by atoms with Gasteiger partial charge in [-0.3, -0.25) is 0 Å². The van der Waals surface area contributed by atoms with Crippen molar-refractivity contribution in [2.75, 3.05) is 18.6 Å². The van der Waals surface area contributed by atoms with Crippen LogP contribution in [0.4, 0.5) is 4.79 Å². The number of amides is 1. The molecule has 2 N–H and O–H groups in total. The van der Waals surface area contributed by atoms with E-state index in [1.54, 1.807) is 20.8 Å². The number of rotatable bonds is 5. The number of aliphatic hydroxyl groups excluding tert-OH is 1. The summed E-state index contributed by atoms with van der Waals surface area (Å²) in [5.41, 5.74) is -0.595. The van der Waals surface area contributed by atoms with Crippen LogP contribution >= 0.6 is 0 Å². The van der Waals surface area contributed by atoms with Crippen molar-refractivity contribution in [2.45, 2.75) is 38.9 Å². The van der Waals surface area contributed by atoms with Gasteiger partial charge >= 0.3 is 6.09 Å². The van der Waals surface area contributed by atoms with Crippen molar-refractivity contribution in [2.24, 2.45) is 0 Å². The highest BCUT2D eigenvalue weighted by Crippen LogP contribution is 2.06. The molecule has 0 aliphatic rings. The summed E-state index contributed by atoms with van der Waals surface area (Å²) < 4.78 is 26.6. The summed E-state index contributed by atoms with van der Waals surface area (Å²) in [6, 6.07) is 0. The van der Waals surface area contributed by atoms with Gasteiger partial charge in [0.05, 0.1) is 11.9 Å². The van der Waals surface area contributed by atoms with Crippen LogP contribution in [-0.2, 0) is 14.6 Å². The first-order valence-corrected chi connectivity index (χ1v) is 7.38. The van der Waals surface area contributed by atoms with E-state index in [0.717, 1.165) is 6.26 Å². The second kappa shape index (κ2) is 6.20. The molecule has 0 aromatic heterocycles. The maximum absolute atomic E-state index is 11.2. The molecule has 0 aromatic rings. The van der Waals surface area contributed by atoms with Crippen molar-refractivity contribution < 1.29 is 23.1 Å². The Labute approximate surface area is 102 Å². The van der Waals surface area contributed by atoms with Crippen LogP contribution in [0.5, 0.6) is 0 Å². The van der Waals surface area contributed by atoms with Crippen molar-refractivity contribution in [3.63, 3.8) is 0 Å². The van der Waals surface area contributed by atoms with Crippen LogP contribution in [0.15, 0.2) is 0 Å². The van der Waals surface area contributed by atoms with Gasteiger partial charge in [0.1, 0.15) is 15.4 Å². The van der Waals surface area contributed by atoms with E-state index in [9.17, 15) is 18.3 Å². The molecule has 0 spiro atoms. The number of hydrogen-bond acceptors (Lipinski definition) is 5. The van der Waals surface area contributed by atoms with E-state index < -0.39 is 27.6 Å². The standard InChI is InChI=1S/C10H21NO5S/c1-10(2,3)16-9(13)11-7-8(12)5-6-17(4,14)15/h8,12H,5-7H2,1-4H3,(H,11,13). The van der Waals surface area contributed by atoms with Gasteiger partial charge in [-0.1, -0.05) is 0 Å². The predicted octanol–water partition coefficient (Wildman–Crippen LogP) is 0.307. The van der Waals surface area contributed by atoms with Crippen LogP contribution in [0.3, 0.4) is 0 Å². The van der Waals surface area contributed by atoms with E-state index in [1.807, 2.05) is 0 Å². The summed E-state index contributed by atoms with van der Waals surface area (Å²) in [5.74, 6) is -0.107. The van der Waals surface area contributed by atoms with Gasteiger partial charge in [-0.25, -0.2) is 13.2 Å². The number of carbonyl (C=O) groups is 1. The van der Waals surface area contributed by atoms with Gasteiger partial charge in [0.15, 0.2) is 0 Å². The van der Waals surface area contributed by atoms with Crippen LogP contribution in [0.1, 0.15) is 27.2 Å². The Morgan fingerprint density at radius 1 is 1.41 bits per heavy atom. The average molecular weight is 267 g/mol. The van der Waals surface area contributed by atoms with Crippen LogP contribution < -0.4 is 5.32 Å². The predicted molar refractivity (Wildman–Crippen MR) is 64.6 cm³/mol. The number of ether oxygens (including phenoxy) is 1. The largest absolute Gasteiger partial charge is 0.444 e. The summed E-state index contributed by atoms with van der Waals surface area (Å²) in [4.78, 5) is 11.2. The summed E-state index contributed by atoms with van der Waals surface area (Å²) in [6.07, 6.45) is -0.330. The molecule has 1 unspecified atom stereocenters. The lowest BCUT2D eigenvalue weighted by Crippen LogP contribution is -2.37. The summed E-state index contributed by atoms with van der Waals surface area (Å²) in [7, 11) is -3.09. The molecule has 1 atom stereocenters. The molecule has 0 aromatic carbocycles. The minimum Gasteiger partial charge on any atom is -0.444 e. The first-order valence-electron chi connectivity index (χ1n) is 5.32. The van der Waals surface area contributed by atoms with Gasteiger partial charge in [0.25, 0.3) is 0 Å². The van der Waals surface area contributed by atoms with Crippen molar-refractivity contribution >= 4 is 15.9 Å². The van der Waals surface area contributed by atoms with Gasteiger partial charge in [-0.05, 0) is 27.2 Å². The first-order chi connectivity index (χ1) is 7.49. The van der Waals surface area contributed by atoms with Crippen molar-refractivity contribution in [3.8, 4) is 0 Å². The number of carbonyl (C=O) groups excluding carboxylic acids is 1. The summed E-state index contributed by atoms with van der Waals surface area (Å²) in [6.45, 7) is 5.16. The molecule has 0 bridgehead atoms. The lowest BCUT2D eigenvalue weighted by molar-refractivity contribution is 0.0491. The van der Waals surface area contributed by atoms with Crippen LogP contribution in [0, 0.1) is 0 Å². The Morgan fingerprint density at radius 2 is 1.94 bits per heavy atom. The number of nitrogens with one attached hydrogen (secondary N) is 1. The quantitative estimate of drug-likeness (QED) is 0.747. The molecule has 0 heterocycles. The Bertz CT molecular complexity index is 344. The third kappa shape index (κ3) is 11.4. The van der Waals surface area contributed by atoms with Gasteiger partial charge in [0, 0.05) is 12.8 Å². The minimum absolute atomic E-state index is 0.0234. The van der Waals surface area contributed by atoms with E-state index in [2.05, 4.69) is 5.32 Å². The molecule has 7 heteroatoms. The first kappa shape index (κ1) is 16.2. The summed E-state index contributed by atoms with van der Waals surface area (Å²) >= 11 is 0. The minimum atomic E-state index is -3.09. The molecule has 0 aliphatic carbocycles. The van der Waals surface area contributed by atoms with E-state index in [1.165, 1.54) is 0 Å². The van der Waals surface area contributed by atoms with Crippen molar-refractivity contribution in [3.05, 3.63) is 0 Å². The third-order valence-electron chi connectivity index (χ3n) is 1.70. The monoisotopic (exact) mass is 267 g/mol. The molecule has 102 valence electrons. The molecule has 0 radical (unpaired) electrons. The highest BCUT2D eigenvalue weighted by atomic mass is 32.2. The second-order valence-corrected chi connectivity index (χ2v) is 7.21. The third-order valence-corrected chi connectivity index (χ3v) is 2.68. The fraction of sp³-hybridized carbons (Fsp3) is 0.900. The van der Waals surface area contributed by atoms with Crippen LogP contribution in [0.25, 0.3) is 0 Å². The topological polar surface area (TPSA) is 92.7 Å². The van der Waals surface area contributed by atoms with Gasteiger partial charge in [-0.2, -0.15) is 0 Å². The van der Waals surface area contributed by atoms with Gasteiger partial charge in [-0.15, -0.1) is 0 Å². The molecule has 0 rings (SSSR count). The van der Waals surface area contributed by atoms with Crippen molar-refractivity contribution in [1.29, 1.82) is 0 Å². The Balaban J connectivity index is 3.85. The Morgan fingerprint density at radius 3 is 2.35 bits per heavy atom. The van der Waals surface area contributed by atoms with Gasteiger partial charge in [0.2, 0.25) is 0 Å². The SMILES string of the molecule is CC(C)(C)OC(=O)NCC(O)CCS(C)(=O)=O. The number of sulfone groups is 1.